The van der Waals surface area contributed by atoms with E-state index in [1.54, 1.807) is 42.5 Å². The molecule has 0 spiro atoms. The first-order chi connectivity index (χ1) is 12.0. The lowest BCUT2D eigenvalue weighted by molar-refractivity contribution is 0.244. The van der Waals surface area contributed by atoms with Crippen LogP contribution in [0.5, 0.6) is 5.75 Å². The molecule has 7 heteroatoms. The molecule has 1 fully saturated rings. The molecular weight excluding hydrogens is 343 g/mol. The van der Waals surface area contributed by atoms with E-state index in [1.165, 1.54) is 13.2 Å². The predicted octanol–water partition coefficient (Wildman–Crippen LogP) is 2.64. The molecular formula is C18H21FN2O3S. The first kappa shape index (κ1) is 17.7. The molecule has 1 aliphatic heterocycles. The molecule has 3 rings (SSSR count). The number of methoxy groups -OCH3 is 1. The van der Waals surface area contributed by atoms with Crippen molar-refractivity contribution in [1.29, 1.82) is 0 Å². The van der Waals surface area contributed by atoms with Gasteiger partial charge in [0.2, 0.25) is 9.84 Å². The number of halogens is 1. The molecule has 2 aromatic carbocycles. The Morgan fingerprint density at radius 3 is 2.60 bits per heavy atom. The summed E-state index contributed by atoms with van der Waals surface area (Å²) in [5.41, 5.74) is 0.481. The summed E-state index contributed by atoms with van der Waals surface area (Å²) in [5, 5.41) is 6.10. The number of rotatable bonds is 5. The Kier molecular flexibility index (Phi) is 5.24. The van der Waals surface area contributed by atoms with E-state index in [9.17, 15) is 12.8 Å². The number of alkyl halides is 1. The fourth-order valence-corrected chi connectivity index (χ4v) is 4.43. The van der Waals surface area contributed by atoms with Crippen molar-refractivity contribution in [3.8, 4) is 5.75 Å². The molecule has 0 bridgehead atoms. The fourth-order valence-electron chi connectivity index (χ4n) is 2.96. The number of sulfone groups is 1. The Hall–Kier alpha value is -2.12. The lowest BCUT2D eigenvalue weighted by Gasteiger charge is -2.29. The normalized spacial score (nSPS) is 20.9. The smallest absolute Gasteiger partial charge is 0.210 e. The van der Waals surface area contributed by atoms with E-state index >= 15 is 0 Å². The highest BCUT2D eigenvalue weighted by molar-refractivity contribution is 7.91. The van der Waals surface area contributed by atoms with Crippen molar-refractivity contribution >= 4 is 15.5 Å². The average Bonchev–Trinajstić information content (AvgIpc) is 2.64. The first-order valence-corrected chi connectivity index (χ1v) is 9.61. The van der Waals surface area contributed by atoms with Crippen molar-refractivity contribution in [3.63, 3.8) is 0 Å². The quantitative estimate of drug-likeness (QED) is 0.854. The summed E-state index contributed by atoms with van der Waals surface area (Å²) in [6.45, 7) is 0.990. The zero-order chi connectivity index (χ0) is 17.9. The van der Waals surface area contributed by atoms with Crippen LogP contribution in [0.25, 0.3) is 0 Å². The van der Waals surface area contributed by atoms with Gasteiger partial charge >= 0.3 is 0 Å². The van der Waals surface area contributed by atoms with E-state index in [4.69, 9.17) is 4.74 Å². The molecule has 0 amide bonds. The minimum atomic E-state index is -3.73. The van der Waals surface area contributed by atoms with Crippen LogP contribution < -0.4 is 15.4 Å². The fraction of sp³-hybridized carbons (Fsp3) is 0.333. The number of hydrogen-bond acceptors (Lipinski definition) is 5. The van der Waals surface area contributed by atoms with Crippen LogP contribution >= 0.6 is 0 Å². The Labute approximate surface area is 147 Å². The maximum atomic E-state index is 14.1. The van der Waals surface area contributed by atoms with Crippen molar-refractivity contribution in [2.75, 3.05) is 25.5 Å². The van der Waals surface area contributed by atoms with Crippen LogP contribution in [0.15, 0.2) is 58.3 Å². The van der Waals surface area contributed by atoms with Gasteiger partial charge in [-0.1, -0.05) is 24.3 Å². The molecule has 2 N–H and O–H groups in total. The van der Waals surface area contributed by atoms with Gasteiger partial charge in [0, 0.05) is 6.54 Å². The van der Waals surface area contributed by atoms with Crippen molar-refractivity contribution in [2.24, 2.45) is 0 Å². The van der Waals surface area contributed by atoms with Gasteiger partial charge in [0.25, 0.3) is 0 Å². The second kappa shape index (κ2) is 7.41. The second-order valence-corrected chi connectivity index (χ2v) is 7.83. The number of ether oxygens (including phenoxy) is 1. The van der Waals surface area contributed by atoms with E-state index in [0.29, 0.717) is 18.7 Å². The van der Waals surface area contributed by atoms with E-state index < -0.39 is 16.0 Å². The molecule has 1 saturated heterocycles. The van der Waals surface area contributed by atoms with Gasteiger partial charge in [-0.05, 0) is 37.2 Å². The molecule has 0 saturated carbocycles. The van der Waals surface area contributed by atoms with Crippen molar-refractivity contribution < 1.29 is 17.5 Å². The molecule has 0 aliphatic carbocycles. The number of para-hydroxylation sites is 1. The Bertz CT molecular complexity index is 827. The van der Waals surface area contributed by atoms with E-state index in [-0.39, 0.29) is 28.1 Å². The molecule has 1 aliphatic rings. The third-order valence-electron chi connectivity index (χ3n) is 4.28. The molecule has 134 valence electrons. The molecule has 5 nitrogen and oxygen atoms in total. The van der Waals surface area contributed by atoms with Crippen molar-refractivity contribution in [1.82, 2.24) is 5.32 Å². The Morgan fingerprint density at radius 1 is 1.16 bits per heavy atom. The topological polar surface area (TPSA) is 67.4 Å². The number of anilines is 1. The summed E-state index contributed by atoms with van der Waals surface area (Å²) < 4.78 is 45.3. The summed E-state index contributed by atoms with van der Waals surface area (Å²) in [6, 6.07) is 12.6. The molecule has 2 aromatic rings. The highest BCUT2D eigenvalue weighted by atomic mass is 32.2. The third-order valence-corrected chi connectivity index (χ3v) is 6.07. The molecule has 0 radical (unpaired) electrons. The SMILES string of the molecule is COc1c(NC2CCNCC2F)cccc1S(=O)(=O)c1ccccc1. The predicted molar refractivity (Wildman–Crippen MR) is 94.7 cm³/mol. The third kappa shape index (κ3) is 3.62. The molecule has 0 aromatic heterocycles. The van der Waals surface area contributed by atoms with Gasteiger partial charge < -0.3 is 15.4 Å². The summed E-state index contributed by atoms with van der Waals surface area (Å²) >= 11 is 0. The number of piperidine rings is 1. The minimum Gasteiger partial charge on any atom is -0.493 e. The van der Waals surface area contributed by atoms with Gasteiger partial charge in [-0.15, -0.1) is 0 Å². The summed E-state index contributed by atoms with van der Waals surface area (Å²) in [5.74, 6) is 0.206. The first-order valence-electron chi connectivity index (χ1n) is 8.12. The van der Waals surface area contributed by atoms with Gasteiger partial charge in [0.05, 0.1) is 23.7 Å². The number of nitrogens with one attached hydrogen (secondary N) is 2. The summed E-state index contributed by atoms with van der Waals surface area (Å²) in [7, 11) is -2.31. The monoisotopic (exact) mass is 364 g/mol. The van der Waals surface area contributed by atoms with Gasteiger partial charge in [-0.25, -0.2) is 12.8 Å². The van der Waals surface area contributed by atoms with Crippen LogP contribution in [0.1, 0.15) is 6.42 Å². The van der Waals surface area contributed by atoms with Crippen LogP contribution in [0, 0.1) is 0 Å². The number of benzene rings is 2. The zero-order valence-electron chi connectivity index (χ0n) is 13.9. The van der Waals surface area contributed by atoms with Crippen molar-refractivity contribution in [2.45, 2.75) is 28.4 Å². The van der Waals surface area contributed by atoms with E-state index in [2.05, 4.69) is 10.6 Å². The second-order valence-electron chi connectivity index (χ2n) is 5.91. The number of hydrogen-bond donors (Lipinski definition) is 2. The van der Waals surface area contributed by atoms with Crippen LogP contribution in [0.4, 0.5) is 10.1 Å². The van der Waals surface area contributed by atoms with Gasteiger partial charge in [0.15, 0.2) is 5.75 Å². The lowest BCUT2D eigenvalue weighted by atomic mass is 10.0. The van der Waals surface area contributed by atoms with Gasteiger partial charge in [-0.2, -0.15) is 0 Å². The summed E-state index contributed by atoms with van der Waals surface area (Å²) in [6.07, 6.45) is -0.437. The lowest BCUT2D eigenvalue weighted by Crippen LogP contribution is -2.45. The molecule has 1 heterocycles. The molecule has 25 heavy (non-hydrogen) atoms. The van der Waals surface area contributed by atoms with Crippen LogP contribution in [0.2, 0.25) is 0 Å². The van der Waals surface area contributed by atoms with E-state index in [1.807, 2.05) is 0 Å². The Morgan fingerprint density at radius 2 is 1.92 bits per heavy atom. The zero-order valence-corrected chi connectivity index (χ0v) is 14.7. The van der Waals surface area contributed by atoms with Crippen LogP contribution in [-0.4, -0.2) is 40.8 Å². The van der Waals surface area contributed by atoms with Gasteiger partial charge in [0.1, 0.15) is 11.1 Å². The van der Waals surface area contributed by atoms with Crippen LogP contribution in [-0.2, 0) is 9.84 Å². The largest absolute Gasteiger partial charge is 0.493 e. The minimum absolute atomic E-state index is 0.0653. The highest BCUT2D eigenvalue weighted by Gasteiger charge is 2.28. The standard InChI is InChI=1S/C18H21FN2O3S/c1-24-18-16(21-15-10-11-20-12-14(15)19)8-5-9-17(18)25(22,23)13-6-3-2-4-7-13/h2-9,14-15,20-21H,10-12H2,1H3. The average molecular weight is 364 g/mol. The maximum absolute atomic E-state index is 14.1. The molecule has 2 unspecified atom stereocenters. The van der Waals surface area contributed by atoms with Gasteiger partial charge in [-0.3, -0.25) is 0 Å². The van der Waals surface area contributed by atoms with Crippen LogP contribution in [0.3, 0.4) is 0 Å². The van der Waals surface area contributed by atoms with E-state index in [0.717, 1.165) is 0 Å². The Balaban J connectivity index is 1.99. The van der Waals surface area contributed by atoms with Crippen molar-refractivity contribution in [3.05, 3.63) is 48.5 Å². The highest BCUT2D eigenvalue weighted by Crippen LogP contribution is 2.36. The maximum Gasteiger partial charge on any atom is 0.210 e. The molecule has 2 atom stereocenters. The summed E-state index contributed by atoms with van der Waals surface area (Å²) in [4.78, 5) is 0.256.